The maximum Gasteiger partial charge on any atom is 0.457 e. The fraction of sp³-hybridized carbons (Fsp3) is 0.778. The van der Waals surface area contributed by atoms with Gasteiger partial charge in [0.25, 0.3) is 0 Å². The average Bonchev–Trinajstić information content (AvgIpc) is 2.20. The van der Waals surface area contributed by atoms with Gasteiger partial charge in [0.05, 0.1) is 0 Å². The maximum atomic E-state index is 12.4. The smallest absolute Gasteiger partial charge is 0.320 e. The van der Waals surface area contributed by atoms with E-state index < -0.39 is 22.9 Å². The van der Waals surface area contributed by atoms with Crippen molar-refractivity contribution in [3.63, 3.8) is 0 Å². The van der Waals surface area contributed by atoms with Gasteiger partial charge in [-0.05, 0) is 26.4 Å². The minimum atomic E-state index is -5.64. The Bertz CT molecular complexity index is 277. The molecule has 0 aliphatic rings. The Labute approximate surface area is 98.7 Å². The van der Waals surface area contributed by atoms with Crippen LogP contribution in [0.2, 0.25) is 0 Å². The molecular weight excluding hydrogens is 265 g/mol. The highest BCUT2D eigenvalue weighted by atomic mass is 32.2. The van der Waals surface area contributed by atoms with Gasteiger partial charge in [0.15, 0.2) is 0 Å². The molecule has 0 amide bonds. The van der Waals surface area contributed by atoms with Gasteiger partial charge in [0, 0.05) is 28.0 Å². The van der Waals surface area contributed by atoms with Crippen LogP contribution < -0.4 is 5.32 Å². The molecule has 0 bridgehead atoms. The molecule has 1 N–H and O–H groups in total. The highest BCUT2D eigenvalue weighted by molar-refractivity contribution is 7.87. The van der Waals surface area contributed by atoms with Crippen molar-refractivity contribution >= 4 is 10.8 Å². The van der Waals surface area contributed by atoms with Crippen molar-refractivity contribution in [1.82, 2.24) is 5.32 Å². The van der Waals surface area contributed by atoms with Crippen molar-refractivity contribution in [3.8, 4) is 0 Å². The second-order valence-electron chi connectivity index (χ2n) is 3.32. The fourth-order valence-electron chi connectivity index (χ4n) is 0.870. The van der Waals surface area contributed by atoms with E-state index in [-0.39, 0.29) is 11.8 Å². The average molecular weight is 279 g/mol. The Hall–Kier alpha value is -0.500. The van der Waals surface area contributed by atoms with E-state index in [0.29, 0.717) is 24.8 Å². The van der Waals surface area contributed by atoms with Gasteiger partial charge in [-0.3, -0.25) is 4.21 Å². The van der Waals surface area contributed by atoms with Crippen molar-refractivity contribution in [2.75, 3.05) is 19.3 Å². The first-order valence-electron chi connectivity index (χ1n) is 4.86. The Morgan fingerprint density at radius 3 is 2.24 bits per heavy atom. The third kappa shape index (κ3) is 6.72. The topological polar surface area (TPSA) is 29.1 Å². The van der Waals surface area contributed by atoms with Crippen molar-refractivity contribution in [1.29, 1.82) is 0 Å². The molecule has 0 rings (SSSR count). The lowest BCUT2D eigenvalue weighted by atomic mass is 10.3. The first-order valence-corrected chi connectivity index (χ1v) is 6.24. The first kappa shape index (κ1) is 16.5. The van der Waals surface area contributed by atoms with Crippen LogP contribution in [-0.4, -0.2) is 35.7 Å². The number of allylic oxidation sites excluding steroid dienone is 1. The van der Waals surface area contributed by atoms with Gasteiger partial charge in [0.2, 0.25) is 0 Å². The summed E-state index contributed by atoms with van der Waals surface area (Å²) in [5.41, 5.74) is 0. The summed E-state index contributed by atoms with van der Waals surface area (Å²) in [4.78, 5) is 0. The van der Waals surface area contributed by atoms with E-state index in [0.717, 1.165) is 0 Å². The van der Waals surface area contributed by atoms with Crippen molar-refractivity contribution in [2.45, 2.75) is 24.9 Å². The molecule has 0 aromatic heterocycles. The van der Waals surface area contributed by atoms with E-state index in [1.165, 1.54) is 0 Å². The lowest BCUT2D eigenvalue weighted by molar-refractivity contribution is -0.259. The molecule has 1 unspecified atom stereocenters. The van der Waals surface area contributed by atoms with Crippen LogP contribution in [0.4, 0.5) is 22.0 Å². The molecule has 0 fully saturated rings. The summed E-state index contributed by atoms with van der Waals surface area (Å²) in [6.45, 7) is 0.680. The van der Waals surface area contributed by atoms with Gasteiger partial charge in [0.1, 0.15) is 0 Å². The molecule has 17 heavy (non-hydrogen) atoms. The summed E-state index contributed by atoms with van der Waals surface area (Å²) in [6.07, 6.45) is -4.80. The van der Waals surface area contributed by atoms with E-state index in [9.17, 15) is 26.2 Å². The molecule has 102 valence electrons. The minimum Gasteiger partial charge on any atom is -0.320 e. The number of hydrogen-bond donors (Lipinski definition) is 1. The molecule has 0 spiro atoms. The summed E-state index contributed by atoms with van der Waals surface area (Å²) in [6, 6.07) is 0. The third-order valence-corrected chi connectivity index (χ3v) is 2.96. The summed E-state index contributed by atoms with van der Waals surface area (Å²) in [5, 5.41) is 3.24. The normalized spacial score (nSPS) is 15.4. The minimum absolute atomic E-state index is 0.0755. The SMILES string of the molecule is CNCCCCS(=O)/C=C/C(F)(F)C(F)(F)F. The lowest BCUT2D eigenvalue weighted by Crippen LogP contribution is -2.34. The van der Waals surface area contributed by atoms with Crippen LogP contribution in [0.25, 0.3) is 0 Å². The van der Waals surface area contributed by atoms with E-state index >= 15 is 0 Å². The Balaban J connectivity index is 4.11. The van der Waals surface area contributed by atoms with Crippen LogP contribution >= 0.6 is 0 Å². The molecule has 0 heterocycles. The Morgan fingerprint density at radius 2 is 1.76 bits per heavy atom. The van der Waals surface area contributed by atoms with Crippen molar-refractivity contribution < 1.29 is 26.2 Å². The second-order valence-corrected chi connectivity index (χ2v) is 4.76. The first-order chi connectivity index (χ1) is 7.70. The second kappa shape index (κ2) is 7.05. The molecule has 8 heteroatoms. The summed E-state index contributed by atoms with van der Waals surface area (Å²) >= 11 is 0. The molecule has 0 saturated carbocycles. The number of halogens is 5. The monoisotopic (exact) mass is 279 g/mol. The third-order valence-electron chi connectivity index (χ3n) is 1.83. The van der Waals surface area contributed by atoms with Crippen LogP contribution in [0.3, 0.4) is 0 Å². The number of rotatable bonds is 7. The quantitative estimate of drug-likeness (QED) is 0.573. The van der Waals surface area contributed by atoms with Gasteiger partial charge in [-0.15, -0.1) is 0 Å². The van der Waals surface area contributed by atoms with E-state index in [2.05, 4.69) is 5.32 Å². The van der Waals surface area contributed by atoms with E-state index in [1.54, 1.807) is 7.05 Å². The molecule has 0 saturated heterocycles. The largest absolute Gasteiger partial charge is 0.457 e. The zero-order valence-corrected chi connectivity index (χ0v) is 10.0. The van der Waals surface area contributed by atoms with Crippen molar-refractivity contribution in [2.24, 2.45) is 0 Å². The number of hydrogen-bond acceptors (Lipinski definition) is 2. The maximum absolute atomic E-state index is 12.4. The number of alkyl halides is 5. The predicted molar refractivity (Wildman–Crippen MR) is 56.3 cm³/mol. The van der Waals surface area contributed by atoms with Gasteiger partial charge in [-0.25, -0.2) is 0 Å². The standard InChI is InChI=1S/C9H14F5NOS/c1-15-5-2-3-6-17(16)7-4-8(10,11)9(12,13)14/h4,7,15H,2-3,5-6H2,1H3/b7-4+. The van der Waals surface area contributed by atoms with Crippen LogP contribution in [-0.2, 0) is 10.8 Å². The molecule has 0 aromatic carbocycles. The van der Waals surface area contributed by atoms with E-state index in [1.807, 2.05) is 0 Å². The molecule has 0 radical (unpaired) electrons. The molecule has 0 aromatic rings. The zero-order valence-electron chi connectivity index (χ0n) is 9.19. The highest BCUT2D eigenvalue weighted by Gasteiger charge is 2.55. The van der Waals surface area contributed by atoms with Crippen LogP contribution in [0.5, 0.6) is 0 Å². The van der Waals surface area contributed by atoms with Crippen LogP contribution in [0.1, 0.15) is 12.8 Å². The Kier molecular flexibility index (Phi) is 6.84. The molecule has 0 aliphatic heterocycles. The predicted octanol–water partition coefficient (Wildman–Crippen LogP) is 2.45. The van der Waals surface area contributed by atoms with Gasteiger partial charge >= 0.3 is 12.1 Å². The van der Waals surface area contributed by atoms with Gasteiger partial charge in [-0.2, -0.15) is 22.0 Å². The summed E-state index contributed by atoms with van der Waals surface area (Å²) in [5.74, 6) is -4.85. The van der Waals surface area contributed by atoms with Gasteiger partial charge in [-0.1, -0.05) is 0 Å². The molecule has 2 nitrogen and oxygen atoms in total. The van der Waals surface area contributed by atoms with Crippen molar-refractivity contribution in [3.05, 3.63) is 11.5 Å². The summed E-state index contributed by atoms with van der Waals surface area (Å²) in [7, 11) is -0.0702. The Morgan fingerprint density at radius 1 is 1.18 bits per heavy atom. The van der Waals surface area contributed by atoms with Crippen LogP contribution in [0, 0.1) is 0 Å². The molecule has 0 aliphatic carbocycles. The number of nitrogens with one attached hydrogen (secondary N) is 1. The van der Waals surface area contributed by atoms with E-state index in [4.69, 9.17) is 0 Å². The summed E-state index contributed by atoms with van der Waals surface area (Å²) < 4.78 is 71.0. The molecule has 1 atom stereocenters. The lowest BCUT2D eigenvalue weighted by Gasteiger charge is -2.14. The van der Waals surface area contributed by atoms with Crippen LogP contribution in [0.15, 0.2) is 11.5 Å². The van der Waals surface area contributed by atoms with Gasteiger partial charge < -0.3 is 5.32 Å². The zero-order chi connectivity index (χ0) is 13.5. The number of unbranched alkanes of at least 4 members (excludes halogenated alkanes) is 1. The fourth-order valence-corrected chi connectivity index (χ4v) is 1.82. The highest BCUT2D eigenvalue weighted by Crippen LogP contribution is 2.36. The molecular formula is C9H14F5NOS.